The van der Waals surface area contributed by atoms with E-state index in [-0.39, 0.29) is 0 Å². The number of ether oxygens (including phenoxy) is 1. The summed E-state index contributed by atoms with van der Waals surface area (Å²) in [5.74, 6) is 0.959. The molecule has 6 nitrogen and oxygen atoms in total. The molecule has 8 heteroatoms. The van der Waals surface area contributed by atoms with E-state index < -0.39 is 0 Å². The second-order valence-corrected chi connectivity index (χ2v) is 7.52. The summed E-state index contributed by atoms with van der Waals surface area (Å²) in [7, 11) is 0. The largest absolute Gasteiger partial charge is 0.378 e. The zero-order chi connectivity index (χ0) is 16.4. The Labute approximate surface area is 148 Å². The average molecular weight is 361 g/mol. The quantitative estimate of drug-likeness (QED) is 0.699. The van der Waals surface area contributed by atoms with Crippen molar-refractivity contribution in [2.75, 3.05) is 31.2 Å². The summed E-state index contributed by atoms with van der Waals surface area (Å²) in [4.78, 5) is 17.1. The third kappa shape index (κ3) is 3.22. The second-order valence-electron chi connectivity index (χ2n) is 5.57. The van der Waals surface area contributed by atoms with Crippen LogP contribution in [-0.2, 0) is 17.7 Å². The van der Waals surface area contributed by atoms with Gasteiger partial charge in [-0.2, -0.15) is 0 Å². The van der Waals surface area contributed by atoms with Crippen LogP contribution in [0.3, 0.4) is 0 Å². The topological polar surface area (TPSA) is 56.1 Å². The van der Waals surface area contributed by atoms with Gasteiger partial charge in [0.2, 0.25) is 0 Å². The number of hydrogen-bond acceptors (Lipinski definition) is 7. The van der Waals surface area contributed by atoms with Crippen LogP contribution >= 0.6 is 22.7 Å². The van der Waals surface area contributed by atoms with Gasteiger partial charge in [0.1, 0.15) is 5.01 Å². The van der Waals surface area contributed by atoms with E-state index in [9.17, 15) is 0 Å². The van der Waals surface area contributed by atoms with Gasteiger partial charge in [0, 0.05) is 30.9 Å². The first-order valence-corrected chi connectivity index (χ1v) is 9.76. The van der Waals surface area contributed by atoms with E-state index >= 15 is 0 Å². The SMILES string of the molecule is CCc1csc(Cn2ccnc2-c2cnc(N3CCOCC3)s2)n1. The maximum Gasteiger partial charge on any atom is 0.186 e. The van der Waals surface area contributed by atoms with Crippen molar-refractivity contribution in [3.05, 3.63) is 34.7 Å². The summed E-state index contributed by atoms with van der Waals surface area (Å²) in [5, 5.41) is 4.30. The fourth-order valence-corrected chi connectivity index (χ4v) is 4.52. The fourth-order valence-electron chi connectivity index (χ4n) is 2.66. The molecule has 0 radical (unpaired) electrons. The van der Waals surface area contributed by atoms with Crippen molar-refractivity contribution in [1.82, 2.24) is 19.5 Å². The van der Waals surface area contributed by atoms with Crippen LogP contribution in [0.4, 0.5) is 5.13 Å². The normalized spacial score (nSPS) is 15.1. The van der Waals surface area contributed by atoms with Gasteiger partial charge in [-0.25, -0.2) is 15.0 Å². The van der Waals surface area contributed by atoms with Crippen LogP contribution in [0.1, 0.15) is 17.6 Å². The van der Waals surface area contributed by atoms with Crippen molar-refractivity contribution in [1.29, 1.82) is 0 Å². The molecule has 3 aromatic heterocycles. The lowest BCUT2D eigenvalue weighted by Crippen LogP contribution is -2.36. The van der Waals surface area contributed by atoms with Gasteiger partial charge in [-0.3, -0.25) is 0 Å². The molecule has 0 N–H and O–H groups in total. The number of hydrogen-bond donors (Lipinski definition) is 0. The highest BCUT2D eigenvalue weighted by Gasteiger charge is 2.17. The number of nitrogens with zero attached hydrogens (tertiary/aromatic N) is 5. The maximum atomic E-state index is 5.41. The number of rotatable bonds is 5. The number of aryl methyl sites for hydroxylation is 1. The Morgan fingerprint density at radius 3 is 2.92 bits per heavy atom. The van der Waals surface area contributed by atoms with Gasteiger partial charge >= 0.3 is 0 Å². The Bertz CT molecular complexity index is 803. The molecule has 1 aliphatic heterocycles. The molecule has 1 saturated heterocycles. The molecule has 1 fully saturated rings. The summed E-state index contributed by atoms with van der Waals surface area (Å²) in [6.07, 6.45) is 6.76. The smallest absolute Gasteiger partial charge is 0.186 e. The average Bonchev–Trinajstić information content (AvgIpc) is 3.36. The molecule has 0 saturated carbocycles. The van der Waals surface area contributed by atoms with Gasteiger partial charge in [0.15, 0.2) is 11.0 Å². The van der Waals surface area contributed by atoms with Gasteiger partial charge in [0.25, 0.3) is 0 Å². The number of aromatic nitrogens is 4. The van der Waals surface area contributed by atoms with E-state index in [0.29, 0.717) is 0 Å². The van der Waals surface area contributed by atoms with Crippen LogP contribution in [0.5, 0.6) is 0 Å². The lowest BCUT2D eigenvalue weighted by Gasteiger charge is -2.25. The molecule has 24 heavy (non-hydrogen) atoms. The molecule has 0 atom stereocenters. The van der Waals surface area contributed by atoms with Gasteiger partial charge in [-0.15, -0.1) is 11.3 Å². The van der Waals surface area contributed by atoms with Crippen molar-refractivity contribution in [3.8, 4) is 10.7 Å². The zero-order valence-corrected chi connectivity index (χ0v) is 15.1. The molecule has 0 unspecified atom stereocenters. The first-order valence-electron chi connectivity index (χ1n) is 8.07. The summed E-state index contributed by atoms with van der Waals surface area (Å²) >= 11 is 3.40. The molecular formula is C16H19N5OS2. The molecule has 3 aromatic rings. The number of imidazole rings is 1. The molecule has 4 rings (SSSR count). The monoisotopic (exact) mass is 361 g/mol. The van der Waals surface area contributed by atoms with Gasteiger partial charge < -0.3 is 14.2 Å². The molecule has 1 aliphatic rings. The summed E-state index contributed by atoms with van der Waals surface area (Å²) in [5.41, 5.74) is 1.16. The summed E-state index contributed by atoms with van der Waals surface area (Å²) in [6, 6.07) is 0. The van der Waals surface area contributed by atoms with Crippen LogP contribution in [0, 0.1) is 0 Å². The van der Waals surface area contributed by atoms with Gasteiger partial charge in [-0.1, -0.05) is 18.3 Å². The maximum absolute atomic E-state index is 5.41. The second kappa shape index (κ2) is 7.00. The molecule has 0 spiro atoms. The molecule has 0 aliphatic carbocycles. The molecule has 0 bridgehead atoms. The first-order chi connectivity index (χ1) is 11.8. The molecule has 0 amide bonds. The zero-order valence-electron chi connectivity index (χ0n) is 13.5. The van der Waals surface area contributed by atoms with Crippen LogP contribution in [0.2, 0.25) is 0 Å². The van der Waals surface area contributed by atoms with Crippen LogP contribution in [0.15, 0.2) is 24.0 Å². The van der Waals surface area contributed by atoms with Gasteiger partial charge in [-0.05, 0) is 6.42 Å². The van der Waals surface area contributed by atoms with E-state index in [2.05, 4.69) is 36.7 Å². The highest BCUT2D eigenvalue weighted by atomic mass is 32.1. The van der Waals surface area contributed by atoms with E-state index in [0.717, 1.165) is 65.8 Å². The van der Waals surface area contributed by atoms with Crippen molar-refractivity contribution >= 4 is 27.8 Å². The van der Waals surface area contributed by atoms with Gasteiger partial charge in [0.05, 0.1) is 36.5 Å². The Balaban J connectivity index is 1.54. The molecular weight excluding hydrogens is 342 g/mol. The molecule has 126 valence electrons. The van der Waals surface area contributed by atoms with E-state index in [1.165, 1.54) is 0 Å². The highest BCUT2D eigenvalue weighted by molar-refractivity contribution is 7.18. The number of morpholine rings is 1. The first kappa shape index (κ1) is 15.7. The lowest BCUT2D eigenvalue weighted by molar-refractivity contribution is 0.122. The van der Waals surface area contributed by atoms with Crippen molar-refractivity contribution in [2.45, 2.75) is 19.9 Å². The predicted octanol–water partition coefficient (Wildman–Crippen LogP) is 2.91. The summed E-state index contributed by atoms with van der Waals surface area (Å²) < 4.78 is 7.56. The Morgan fingerprint density at radius 2 is 2.12 bits per heavy atom. The Hall–Kier alpha value is -1.77. The van der Waals surface area contributed by atoms with E-state index in [1.54, 1.807) is 22.7 Å². The Kier molecular flexibility index (Phi) is 4.59. The van der Waals surface area contributed by atoms with Crippen LogP contribution in [0.25, 0.3) is 10.7 Å². The highest BCUT2D eigenvalue weighted by Crippen LogP contribution is 2.31. The third-order valence-corrected chi connectivity index (χ3v) is 5.91. The van der Waals surface area contributed by atoms with E-state index in [1.807, 2.05) is 18.6 Å². The van der Waals surface area contributed by atoms with Crippen molar-refractivity contribution in [2.24, 2.45) is 0 Å². The third-order valence-electron chi connectivity index (χ3n) is 3.98. The van der Waals surface area contributed by atoms with Crippen molar-refractivity contribution < 1.29 is 4.74 Å². The summed E-state index contributed by atoms with van der Waals surface area (Å²) in [6.45, 7) is 6.23. The molecule has 4 heterocycles. The minimum Gasteiger partial charge on any atom is -0.378 e. The van der Waals surface area contributed by atoms with Crippen molar-refractivity contribution in [3.63, 3.8) is 0 Å². The lowest BCUT2D eigenvalue weighted by atomic mass is 10.4. The van der Waals surface area contributed by atoms with Crippen LogP contribution in [-0.4, -0.2) is 45.8 Å². The number of anilines is 1. The minimum absolute atomic E-state index is 0.755. The van der Waals surface area contributed by atoms with E-state index in [4.69, 9.17) is 4.74 Å². The Morgan fingerprint density at radius 1 is 1.25 bits per heavy atom. The van der Waals surface area contributed by atoms with Crippen LogP contribution < -0.4 is 4.90 Å². The number of thiazole rings is 2. The standard InChI is InChI=1S/C16H19N5OS2/c1-2-12-11-23-14(19-12)10-21-4-3-17-15(21)13-9-18-16(24-13)20-5-7-22-8-6-20/h3-4,9,11H,2,5-8,10H2,1H3. The predicted molar refractivity (Wildman–Crippen MR) is 97.0 cm³/mol. The fraction of sp³-hybridized carbons (Fsp3) is 0.438. The minimum atomic E-state index is 0.755. The molecule has 0 aromatic carbocycles.